The van der Waals surface area contributed by atoms with Crippen molar-refractivity contribution in [2.45, 2.75) is 38.1 Å². The van der Waals surface area contributed by atoms with Crippen molar-refractivity contribution in [3.63, 3.8) is 0 Å². The molecule has 1 atom stereocenters. The smallest absolute Gasteiger partial charge is 0.109 e. The maximum atomic E-state index is 4.98. The molecule has 1 aliphatic carbocycles. The van der Waals surface area contributed by atoms with Crippen LogP contribution in [0, 0.1) is 5.92 Å². The van der Waals surface area contributed by atoms with Gasteiger partial charge in [0.2, 0.25) is 0 Å². The van der Waals surface area contributed by atoms with Crippen LogP contribution in [0.3, 0.4) is 0 Å². The van der Waals surface area contributed by atoms with Crippen molar-refractivity contribution in [3.05, 3.63) is 12.3 Å². The van der Waals surface area contributed by atoms with Crippen LogP contribution < -0.4 is 5.48 Å². The maximum Gasteiger partial charge on any atom is 0.109 e. The van der Waals surface area contributed by atoms with Crippen molar-refractivity contribution in [1.82, 2.24) is 5.48 Å². The standard InChI is InChI=1S/C9H15NO/c1-2-4-8(5-3-1)9-6-7-11-10-9/h6-10H,1-5H2. The third-order valence-electron chi connectivity index (χ3n) is 2.72. The molecule has 2 aliphatic rings. The van der Waals surface area contributed by atoms with Crippen molar-refractivity contribution in [2.24, 2.45) is 5.92 Å². The van der Waals surface area contributed by atoms with E-state index in [0.29, 0.717) is 6.04 Å². The number of nitrogens with one attached hydrogen (secondary N) is 1. The summed E-state index contributed by atoms with van der Waals surface area (Å²) in [6.07, 6.45) is 10.9. The Morgan fingerprint density at radius 2 is 2.00 bits per heavy atom. The third-order valence-corrected chi connectivity index (χ3v) is 2.72. The van der Waals surface area contributed by atoms with E-state index in [-0.39, 0.29) is 0 Å². The van der Waals surface area contributed by atoms with Crippen LogP contribution in [-0.2, 0) is 4.84 Å². The predicted molar refractivity (Wildman–Crippen MR) is 43.7 cm³/mol. The fraction of sp³-hybridized carbons (Fsp3) is 0.778. The van der Waals surface area contributed by atoms with Gasteiger partial charge in [0.25, 0.3) is 0 Å². The van der Waals surface area contributed by atoms with Gasteiger partial charge in [0.15, 0.2) is 0 Å². The molecule has 1 saturated carbocycles. The molecule has 1 aliphatic heterocycles. The van der Waals surface area contributed by atoms with Crippen LogP contribution in [-0.4, -0.2) is 6.04 Å². The molecule has 0 aromatic carbocycles. The van der Waals surface area contributed by atoms with Crippen molar-refractivity contribution in [3.8, 4) is 0 Å². The summed E-state index contributed by atoms with van der Waals surface area (Å²) in [6.45, 7) is 0. The van der Waals surface area contributed by atoms with Crippen LogP contribution in [0.1, 0.15) is 32.1 Å². The van der Waals surface area contributed by atoms with E-state index in [1.165, 1.54) is 32.1 Å². The minimum atomic E-state index is 0.496. The van der Waals surface area contributed by atoms with Gasteiger partial charge in [-0.2, -0.15) is 5.48 Å². The molecule has 1 fully saturated rings. The average molecular weight is 153 g/mol. The normalized spacial score (nSPS) is 32.2. The lowest BCUT2D eigenvalue weighted by Crippen LogP contribution is -2.31. The molecule has 1 unspecified atom stereocenters. The van der Waals surface area contributed by atoms with Gasteiger partial charge in [-0.3, -0.25) is 0 Å². The molecular formula is C9H15NO. The fourth-order valence-electron chi connectivity index (χ4n) is 2.03. The van der Waals surface area contributed by atoms with Gasteiger partial charge in [0.05, 0.1) is 6.04 Å². The molecule has 1 heterocycles. The van der Waals surface area contributed by atoms with Gasteiger partial charge in [0, 0.05) is 0 Å². The maximum absolute atomic E-state index is 4.98. The lowest BCUT2D eigenvalue weighted by Gasteiger charge is -2.25. The van der Waals surface area contributed by atoms with E-state index >= 15 is 0 Å². The van der Waals surface area contributed by atoms with Gasteiger partial charge in [-0.1, -0.05) is 19.3 Å². The van der Waals surface area contributed by atoms with E-state index in [2.05, 4.69) is 11.6 Å². The summed E-state index contributed by atoms with van der Waals surface area (Å²) < 4.78 is 0. The van der Waals surface area contributed by atoms with Gasteiger partial charge in [0.1, 0.15) is 6.26 Å². The lowest BCUT2D eigenvalue weighted by atomic mass is 9.84. The zero-order valence-corrected chi connectivity index (χ0v) is 6.75. The average Bonchev–Trinajstić information content (AvgIpc) is 2.58. The van der Waals surface area contributed by atoms with Gasteiger partial charge in [-0.05, 0) is 24.8 Å². The molecule has 0 amide bonds. The van der Waals surface area contributed by atoms with E-state index < -0.39 is 0 Å². The highest BCUT2D eigenvalue weighted by atomic mass is 16.6. The summed E-state index contributed by atoms with van der Waals surface area (Å²) in [5.74, 6) is 0.822. The lowest BCUT2D eigenvalue weighted by molar-refractivity contribution is 0.112. The molecule has 62 valence electrons. The van der Waals surface area contributed by atoms with Crippen LogP contribution in [0.15, 0.2) is 12.3 Å². The monoisotopic (exact) mass is 153 g/mol. The molecule has 2 nitrogen and oxygen atoms in total. The number of hydrogen-bond donors (Lipinski definition) is 1. The third kappa shape index (κ3) is 1.56. The molecule has 11 heavy (non-hydrogen) atoms. The minimum Gasteiger partial charge on any atom is -0.416 e. The Morgan fingerprint density at radius 3 is 2.64 bits per heavy atom. The first-order valence-electron chi connectivity index (χ1n) is 4.54. The Kier molecular flexibility index (Phi) is 2.13. The number of hydrogen-bond acceptors (Lipinski definition) is 2. The summed E-state index contributed by atoms with van der Waals surface area (Å²) in [6, 6.07) is 0.496. The highest BCUT2D eigenvalue weighted by molar-refractivity contribution is 4.96. The Hall–Kier alpha value is -0.500. The molecule has 2 heteroatoms. The van der Waals surface area contributed by atoms with E-state index in [9.17, 15) is 0 Å². The SMILES string of the molecule is C1=CC(C2CCCCC2)NO1. The van der Waals surface area contributed by atoms with Crippen LogP contribution >= 0.6 is 0 Å². The zero-order chi connectivity index (χ0) is 7.52. The van der Waals surface area contributed by atoms with Crippen LogP contribution in [0.2, 0.25) is 0 Å². The molecular weight excluding hydrogens is 138 g/mol. The zero-order valence-electron chi connectivity index (χ0n) is 6.75. The van der Waals surface area contributed by atoms with Crippen molar-refractivity contribution < 1.29 is 4.84 Å². The summed E-state index contributed by atoms with van der Waals surface area (Å²) in [7, 11) is 0. The largest absolute Gasteiger partial charge is 0.416 e. The molecule has 0 bridgehead atoms. The molecule has 0 spiro atoms. The summed E-state index contributed by atoms with van der Waals surface area (Å²) in [5, 5.41) is 0. The van der Waals surface area contributed by atoms with Gasteiger partial charge < -0.3 is 4.84 Å². The van der Waals surface area contributed by atoms with Gasteiger partial charge in [-0.15, -0.1) is 0 Å². The number of rotatable bonds is 1. The van der Waals surface area contributed by atoms with Crippen molar-refractivity contribution in [1.29, 1.82) is 0 Å². The summed E-state index contributed by atoms with van der Waals surface area (Å²) in [5.41, 5.74) is 3.02. The minimum absolute atomic E-state index is 0.496. The Bertz CT molecular complexity index is 150. The van der Waals surface area contributed by atoms with Crippen LogP contribution in [0.5, 0.6) is 0 Å². The molecule has 0 aromatic heterocycles. The highest BCUT2D eigenvalue weighted by Gasteiger charge is 2.23. The molecule has 0 radical (unpaired) electrons. The van der Waals surface area contributed by atoms with Gasteiger partial charge >= 0.3 is 0 Å². The first-order chi connectivity index (χ1) is 5.47. The van der Waals surface area contributed by atoms with Crippen LogP contribution in [0.4, 0.5) is 0 Å². The second kappa shape index (κ2) is 3.26. The molecule has 1 N–H and O–H groups in total. The van der Waals surface area contributed by atoms with E-state index in [1.54, 1.807) is 6.26 Å². The van der Waals surface area contributed by atoms with E-state index in [1.807, 2.05) is 0 Å². The van der Waals surface area contributed by atoms with Gasteiger partial charge in [-0.25, -0.2) is 0 Å². The van der Waals surface area contributed by atoms with Crippen molar-refractivity contribution >= 4 is 0 Å². The highest BCUT2D eigenvalue weighted by Crippen LogP contribution is 2.27. The van der Waals surface area contributed by atoms with E-state index in [4.69, 9.17) is 4.84 Å². The number of hydroxylamine groups is 1. The van der Waals surface area contributed by atoms with E-state index in [0.717, 1.165) is 5.92 Å². The summed E-state index contributed by atoms with van der Waals surface area (Å²) in [4.78, 5) is 4.98. The van der Waals surface area contributed by atoms with Crippen molar-refractivity contribution in [2.75, 3.05) is 0 Å². The fourth-order valence-corrected chi connectivity index (χ4v) is 2.03. The Labute approximate surface area is 67.6 Å². The molecule has 0 saturated heterocycles. The first kappa shape index (κ1) is 7.17. The Balaban J connectivity index is 1.87. The second-order valence-corrected chi connectivity index (χ2v) is 3.49. The first-order valence-corrected chi connectivity index (χ1v) is 4.54. The molecule has 2 rings (SSSR count). The topological polar surface area (TPSA) is 21.3 Å². The molecule has 0 aromatic rings. The Morgan fingerprint density at radius 1 is 1.18 bits per heavy atom. The quantitative estimate of drug-likeness (QED) is 0.622. The second-order valence-electron chi connectivity index (χ2n) is 3.49. The van der Waals surface area contributed by atoms with Crippen LogP contribution in [0.25, 0.3) is 0 Å². The summed E-state index contributed by atoms with van der Waals surface area (Å²) >= 11 is 0. The predicted octanol–water partition coefficient (Wildman–Crippen LogP) is 1.98.